The van der Waals surface area contributed by atoms with Crippen molar-refractivity contribution in [3.63, 3.8) is 0 Å². The molecule has 4 fully saturated rings. The van der Waals surface area contributed by atoms with Crippen molar-refractivity contribution >= 4 is 23.4 Å². The van der Waals surface area contributed by atoms with Crippen LogP contribution in [0.4, 0.5) is 5.69 Å². The van der Waals surface area contributed by atoms with Gasteiger partial charge < -0.3 is 15.4 Å². The Morgan fingerprint density at radius 2 is 1.61 bits per heavy atom. The van der Waals surface area contributed by atoms with Crippen molar-refractivity contribution in [2.45, 2.75) is 100 Å². The number of nitrogens with zero attached hydrogens (tertiary/aromatic N) is 2. The van der Waals surface area contributed by atoms with Gasteiger partial charge in [-0.1, -0.05) is 50.7 Å². The van der Waals surface area contributed by atoms with Crippen LogP contribution in [0.1, 0.15) is 71.1 Å². The summed E-state index contributed by atoms with van der Waals surface area (Å²) in [5.74, 6) is -2.07. The Labute approximate surface area is 212 Å². The number of anilines is 1. The predicted molar refractivity (Wildman–Crippen MR) is 134 cm³/mol. The van der Waals surface area contributed by atoms with Crippen molar-refractivity contribution in [1.82, 2.24) is 15.6 Å². The van der Waals surface area contributed by atoms with Crippen LogP contribution < -0.4 is 15.5 Å². The van der Waals surface area contributed by atoms with Crippen molar-refractivity contribution in [3.05, 3.63) is 36.7 Å². The number of hydrogen-bond acceptors (Lipinski definition) is 5. The summed E-state index contributed by atoms with van der Waals surface area (Å²) in [5, 5.41) is 6.45. The molecule has 0 unspecified atom stereocenters. The molecular weight excluding hydrogens is 456 g/mol. The normalized spacial score (nSPS) is 36.2. The minimum Gasteiger partial charge on any atom is -0.356 e. The fraction of sp³-hybridized carbons (Fsp3) is 0.643. The van der Waals surface area contributed by atoms with E-state index >= 15 is 0 Å². The van der Waals surface area contributed by atoms with Gasteiger partial charge in [-0.05, 0) is 44.7 Å². The van der Waals surface area contributed by atoms with E-state index in [2.05, 4.69) is 15.6 Å². The fourth-order valence-electron chi connectivity index (χ4n) is 7.37. The van der Waals surface area contributed by atoms with Gasteiger partial charge in [-0.2, -0.15) is 0 Å². The number of carbonyl (C=O) groups is 3. The number of pyridine rings is 1. The van der Waals surface area contributed by atoms with E-state index in [0.717, 1.165) is 51.4 Å². The molecule has 0 aromatic carbocycles. The summed E-state index contributed by atoms with van der Waals surface area (Å²) in [6.07, 6.45) is 17.6. The van der Waals surface area contributed by atoms with Gasteiger partial charge in [-0.15, -0.1) is 0 Å². The molecule has 1 spiro atoms. The molecule has 1 aromatic rings. The van der Waals surface area contributed by atoms with Crippen LogP contribution in [0.3, 0.4) is 0 Å². The van der Waals surface area contributed by atoms with Crippen LogP contribution in [0.15, 0.2) is 36.7 Å². The van der Waals surface area contributed by atoms with Gasteiger partial charge in [0.05, 0.1) is 29.3 Å². The summed E-state index contributed by atoms with van der Waals surface area (Å²) < 4.78 is 6.62. The average molecular weight is 493 g/mol. The van der Waals surface area contributed by atoms with E-state index < -0.39 is 29.1 Å². The first-order valence-electron chi connectivity index (χ1n) is 13.7. The standard InChI is InChI=1S/C28H36N4O4/c1-27-14-15-28(36-27)22(21(27)24(33)30-18-9-4-2-5-10-18)26(35)32(20-13-8-16-29-17-20)23(28)25(34)31-19-11-6-3-7-12-19/h8,13-19,21-23H,2-7,9-12H2,1H3,(H,30,33)(H,31,34)/t21-,22+,23-,27+,28-/m1/s1. The fourth-order valence-corrected chi connectivity index (χ4v) is 7.37. The number of ether oxygens (including phenoxy) is 1. The summed E-state index contributed by atoms with van der Waals surface area (Å²) in [6, 6.07) is 2.87. The Morgan fingerprint density at radius 1 is 0.972 bits per heavy atom. The van der Waals surface area contributed by atoms with Crippen LogP contribution in [-0.4, -0.2) is 52.0 Å². The Morgan fingerprint density at radius 3 is 2.22 bits per heavy atom. The molecule has 3 amide bonds. The van der Waals surface area contributed by atoms with Crippen molar-refractivity contribution < 1.29 is 19.1 Å². The smallest absolute Gasteiger partial charge is 0.246 e. The minimum absolute atomic E-state index is 0.0936. The van der Waals surface area contributed by atoms with E-state index in [1.165, 1.54) is 17.7 Å². The maximum absolute atomic E-state index is 14.2. The second kappa shape index (κ2) is 8.98. The number of aromatic nitrogens is 1. The average Bonchev–Trinajstić information content (AvgIpc) is 3.46. The molecule has 2 N–H and O–H groups in total. The molecule has 1 aromatic heterocycles. The minimum atomic E-state index is -1.19. The highest BCUT2D eigenvalue weighted by Gasteiger charge is 2.76. The topological polar surface area (TPSA) is 101 Å². The van der Waals surface area contributed by atoms with E-state index in [1.807, 2.05) is 19.1 Å². The maximum Gasteiger partial charge on any atom is 0.246 e. The lowest BCUT2D eigenvalue weighted by Gasteiger charge is -2.34. The van der Waals surface area contributed by atoms with Crippen molar-refractivity contribution in [1.29, 1.82) is 0 Å². The predicted octanol–water partition coefficient (Wildman–Crippen LogP) is 3.02. The zero-order chi connectivity index (χ0) is 24.9. The van der Waals surface area contributed by atoms with Crippen LogP contribution in [-0.2, 0) is 19.1 Å². The molecule has 36 heavy (non-hydrogen) atoms. The molecule has 2 saturated heterocycles. The molecule has 8 nitrogen and oxygen atoms in total. The largest absolute Gasteiger partial charge is 0.356 e. The first-order valence-corrected chi connectivity index (χ1v) is 13.7. The van der Waals surface area contributed by atoms with Gasteiger partial charge in [-0.3, -0.25) is 24.3 Å². The molecule has 6 rings (SSSR count). The van der Waals surface area contributed by atoms with Gasteiger partial charge in [0.25, 0.3) is 0 Å². The molecule has 0 radical (unpaired) electrons. The summed E-state index contributed by atoms with van der Waals surface area (Å²) in [6.45, 7) is 1.87. The van der Waals surface area contributed by atoms with Gasteiger partial charge in [0.2, 0.25) is 17.7 Å². The van der Waals surface area contributed by atoms with E-state index in [-0.39, 0.29) is 29.8 Å². The molecule has 3 aliphatic heterocycles. The number of fused-ring (bicyclic) bond motifs is 1. The SMILES string of the molecule is C[C@@]12C=C[C@@]3(O1)[C@H](C(=O)N(c1cccnc1)[C@@H]3C(=O)NC1CCCCC1)[C@@H]2C(=O)NC1CCCCC1. The van der Waals surface area contributed by atoms with E-state index in [4.69, 9.17) is 4.74 Å². The van der Waals surface area contributed by atoms with E-state index in [1.54, 1.807) is 24.5 Å². The highest BCUT2D eigenvalue weighted by atomic mass is 16.5. The molecule has 192 valence electrons. The van der Waals surface area contributed by atoms with Crippen LogP contribution in [0.5, 0.6) is 0 Å². The number of rotatable bonds is 5. The second-order valence-electron chi connectivity index (χ2n) is 11.4. The van der Waals surface area contributed by atoms with Crippen molar-refractivity contribution in [2.24, 2.45) is 11.8 Å². The third-order valence-electron chi connectivity index (χ3n) is 9.06. The van der Waals surface area contributed by atoms with Crippen LogP contribution in [0.25, 0.3) is 0 Å². The third kappa shape index (κ3) is 3.67. The Bertz CT molecular complexity index is 1060. The first-order chi connectivity index (χ1) is 17.4. The Balaban J connectivity index is 1.35. The number of carbonyl (C=O) groups excluding carboxylic acids is 3. The summed E-state index contributed by atoms with van der Waals surface area (Å²) in [5.41, 5.74) is -1.56. The summed E-state index contributed by atoms with van der Waals surface area (Å²) in [7, 11) is 0. The molecule has 2 aliphatic carbocycles. The van der Waals surface area contributed by atoms with Gasteiger partial charge in [0, 0.05) is 18.3 Å². The molecular formula is C28H36N4O4. The number of hydrogen-bond donors (Lipinski definition) is 2. The molecule has 8 heteroatoms. The summed E-state index contributed by atoms with van der Waals surface area (Å²) >= 11 is 0. The first kappa shape index (κ1) is 23.6. The van der Waals surface area contributed by atoms with Crippen molar-refractivity contribution in [2.75, 3.05) is 4.90 Å². The lowest BCUT2D eigenvalue weighted by Crippen LogP contribution is -2.57. The maximum atomic E-state index is 14.2. The van der Waals surface area contributed by atoms with E-state index in [9.17, 15) is 14.4 Å². The monoisotopic (exact) mass is 492 g/mol. The highest BCUT2D eigenvalue weighted by molar-refractivity contribution is 6.10. The van der Waals surface area contributed by atoms with Gasteiger partial charge in [0.1, 0.15) is 11.6 Å². The molecule has 4 heterocycles. The lowest BCUT2D eigenvalue weighted by atomic mass is 9.70. The Hall–Kier alpha value is -2.74. The summed E-state index contributed by atoms with van der Waals surface area (Å²) in [4.78, 5) is 47.5. The molecule has 5 atom stereocenters. The van der Waals surface area contributed by atoms with Crippen molar-refractivity contribution in [3.8, 4) is 0 Å². The van der Waals surface area contributed by atoms with Gasteiger partial charge in [0.15, 0.2) is 0 Å². The molecule has 2 bridgehead atoms. The zero-order valence-electron chi connectivity index (χ0n) is 20.9. The molecule has 5 aliphatic rings. The highest BCUT2D eigenvalue weighted by Crippen LogP contribution is 2.60. The number of amides is 3. The molecule has 2 saturated carbocycles. The zero-order valence-corrected chi connectivity index (χ0v) is 20.9. The van der Waals surface area contributed by atoms with Crippen LogP contribution >= 0.6 is 0 Å². The van der Waals surface area contributed by atoms with E-state index in [0.29, 0.717) is 5.69 Å². The Kier molecular flexibility index (Phi) is 5.90. The second-order valence-corrected chi connectivity index (χ2v) is 11.4. The van der Waals surface area contributed by atoms with Gasteiger partial charge >= 0.3 is 0 Å². The van der Waals surface area contributed by atoms with Crippen LogP contribution in [0, 0.1) is 11.8 Å². The van der Waals surface area contributed by atoms with Crippen LogP contribution in [0.2, 0.25) is 0 Å². The third-order valence-corrected chi connectivity index (χ3v) is 9.06. The lowest BCUT2D eigenvalue weighted by molar-refractivity contribution is -0.135. The van der Waals surface area contributed by atoms with Gasteiger partial charge in [-0.25, -0.2) is 0 Å². The number of nitrogens with one attached hydrogen (secondary N) is 2. The quantitative estimate of drug-likeness (QED) is 0.616.